The molecule has 0 saturated heterocycles. The summed E-state index contributed by atoms with van der Waals surface area (Å²) >= 11 is 1.10. The standard InChI is InChI=1S/C12H12N2O3S2/c1-8-4-2-5-9(12(13)15)11(8)14-19(16,17)10-6-3-7-18-10/h2-7,14H,1H3,(H2,13,15). The first-order valence-electron chi connectivity index (χ1n) is 5.37. The number of primary amides is 1. The summed E-state index contributed by atoms with van der Waals surface area (Å²) in [6, 6.07) is 7.99. The van der Waals surface area contributed by atoms with E-state index in [4.69, 9.17) is 5.73 Å². The number of amides is 1. The first-order valence-corrected chi connectivity index (χ1v) is 7.74. The zero-order chi connectivity index (χ0) is 14.0. The molecule has 19 heavy (non-hydrogen) atoms. The van der Waals surface area contributed by atoms with Gasteiger partial charge in [0, 0.05) is 0 Å². The number of nitrogens with one attached hydrogen (secondary N) is 1. The molecule has 0 fully saturated rings. The number of anilines is 1. The number of hydrogen-bond donors (Lipinski definition) is 2. The topological polar surface area (TPSA) is 89.3 Å². The molecule has 0 spiro atoms. The molecule has 100 valence electrons. The van der Waals surface area contributed by atoms with Crippen molar-refractivity contribution in [3.8, 4) is 0 Å². The van der Waals surface area contributed by atoms with E-state index in [1.165, 1.54) is 12.1 Å². The summed E-state index contributed by atoms with van der Waals surface area (Å²) in [6.07, 6.45) is 0. The number of nitrogens with two attached hydrogens (primary N) is 1. The van der Waals surface area contributed by atoms with E-state index in [-0.39, 0.29) is 15.5 Å². The SMILES string of the molecule is Cc1cccc(C(N)=O)c1NS(=O)(=O)c1cccs1. The van der Waals surface area contributed by atoms with Crippen LogP contribution in [0.5, 0.6) is 0 Å². The molecule has 0 aliphatic heterocycles. The van der Waals surface area contributed by atoms with Gasteiger partial charge in [0.15, 0.2) is 0 Å². The van der Waals surface area contributed by atoms with Gasteiger partial charge in [-0.25, -0.2) is 8.42 Å². The normalized spacial score (nSPS) is 11.2. The molecule has 0 unspecified atom stereocenters. The highest BCUT2D eigenvalue weighted by Crippen LogP contribution is 2.25. The fraction of sp³-hybridized carbons (Fsp3) is 0.0833. The number of benzene rings is 1. The second kappa shape index (κ2) is 5.02. The molecule has 0 aliphatic carbocycles. The summed E-state index contributed by atoms with van der Waals surface area (Å²) in [4.78, 5) is 11.3. The van der Waals surface area contributed by atoms with E-state index < -0.39 is 15.9 Å². The summed E-state index contributed by atoms with van der Waals surface area (Å²) in [6.45, 7) is 1.71. The predicted molar refractivity (Wildman–Crippen MR) is 74.8 cm³/mol. The largest absolute Gasteiger partial charge is 0.366 e. The molecule has 0 bridgehead atoms. The molecule has 2 aromatic rings. The fourth-order valence-electron chi connectivity index (χ4n) is 1.61. The Hall–Kier alpha value is -1.86. The van der Waals surface area contributed by atoms with Crippen LogP contribution in [0.4, 0.5) is 5.69 Å². The van der Waals surface area contributed by atoms with Gasteiger partial charge in [-0.1, -0.05) is 18.2 Å². The second-order valence-electron chi connectivity index (χ2n) is 3.90. The summed E-state index contributed by atoms with van der Waals surface area (Å²) in [7, 11) is -3.69. The van der Waals surface area contributed by atoms with Crippen LogP contribution < -0.4 is 10.5 Å². The number of para-hydroxylation sites is 1. The van der Waals surface area contributed by atoms with Crippen LogP contribution in [0.3, 0.4) is 0 Å². The Morgan fingerprint density at radius 2 is 2.00 bits per heavy atom. The number of rotatable bonds is 4. The molecule has 0 aliphatic rings. The van der Waals surface area contributed by atoms with Crippen molar-refractivity contribution in [2.75, 3.05) is 4.72 Å². The minimum absolute atomic E-state index is 0.153. The van der Waals surface area contributed by atoms with Crippen LogP contribution >= 0.6 is 11.3 Å². The van der Waals surface area contributed by atoms with Crippen LogP contribution in [0, 0.1) is 6.92 Å². The number of hydrogen-bond acceptors (Lipinski definition) is 4. The van der Waals surface area contributed by atoms with E-state index in [1.807, 2.05) is 0 Å². The number of carbonyl (C=O) groups is 1. The Labute approximate surface area is 115 Å². The minimum atomic E-state index is -3.69. The maximum Gasteiger partial charge on any atom is 0.271 e. The Morgan fingerprint density at radius 1 is 1.26 bits per heavy atom. The quantitative estimate of drug-likeness (QED) is 0.903. The number of aryl methyl sites for hydroxylation is 1. The van der Waals surface area contributed by atoms with Crippen LogP contribution in [0.1, 0.15) is 15.9 Å². The summed E-state index contributed by atoms with van der Waals surface area (Å²) in [5.74, 6) is -0.674. The summed E-state index contributed by atoms with van der Waals surface area (Å²) < 4.78 is 26.9. The maximum atomic E-state index is 12.1. The lowest BCUT2D eigenvalue weighted by molar-refractivity contribution is 0.100. The smallest absolute Gasteiger partial charge is 0.271 e. The lowest BCUT2D eigenvalue weighted by Crippen LogP contribution is -2.19. The lowest BCUT2D eigenvalue weighted by atomic mass is 10.1. The van der Waals surface area contributed by atoms with Crippen molar-refractivity contribution in [1.82, 2.24) is 0 Å². The summed E-state index contributed by atoms with van der Waals surface area (Å²) in [5, 5.41) is 1.67. The Morgan fingerprint density at radius 3 is 2.58 bits per heavy atom. The molecule has 2 rings (SSSR count). The molecule has 0 atom stereocenters. The van der Waals surface area contributed by atoms with E-state index >= 15 is 0 Å². The van der Waals surface area contributed by atoms with Crippen molar-refractivity contribution < 1.29 is 13.2 Å². The Bertz CT molecular complexity index is 707. The molecule has 1 amide bonds. The maximum absolute atomic E-state index is 12.1. The van der Waals surface area contributed by atoms with Crippen molar-refractivity contribution in [1.29, 1.82) is 0 Å². The van der Waals surface area contributed by atoms with Crippen LogP contribution in [-0.2, 0) is 10.0 Å². The molecule has 0 saturated carbocycles. The molecule has 1 heterocycles. The monoisotopic (exact) mass is 296 g/mol. The molecule has 5 nitrogen and oxygen atoms in total. The average Bonchev–Trinajstić information content (AvgIpc) is 2.85. The second-order valence-corrected chi connectivity index (χ2v) is 6.76. The van der Waals surface area contributed by atoms with Crippen LogP contribution in [-0.4, -0.2) is 14.3 Å². The van der Waals surface area contributed by atoms with E-state index in [1.54, 1.807) is 30.5 Å². The minimum Gasteiger partial charge on any atom is -0.366 e. The lowest BCUT2D eigenvalue weighted by Gasteiger charge is -2.12. The van der Waals surface area contributed by atoms with Gasteiger partial charge in [0.25, 0.3) is 15.9 Å². The van der Waals surface area contributed by atoms with Crippen molar-refractivity contribution in [2.45, 2.75) is 11.1 Å². The molecule has 7 heteroatoms. The molecular weight excluding hydrogens is 284 g/mol. The van der Waals surface area contributed by atoms with Crippen molar-refractivity contribution >= 4 is 33.0 Å². The number of carbonyl (C=O) groups excluding carboxylic acids is 1. The third kappa shape index (κ3) is 2.77. The molecule has 1 aromatic carbocycles. The van der Waals surface area contributed by atoms with Gasteiger partial charge in [-0.2, -0.15) is 0 Å². The van der Waals surface area contributed by atoms with Gasteiger partial charge in [-0.05, 0) is 30.0 Å². The van der Waals surface area contributed by atoms with E-state index in [0.717, 1.165) is 11.3 Å². The molecule has 1 aromatic heterocycles. The van der Waals surface area contributed by atoms with E-state index in [2.05, 4.69) is 4.72 Å². The van der Waals surface area contributed by atoms with Crippen LogP contribution in [0.2, 0.25) is 0 Å². The van der Waals surface area contributed by atoms with Gasteiger partial charge >= 0.3 is 0 Å². The Balaban J connectivity index is 2.48. The first kappa shape index (κ1) is 13.6. The van der Waals surface area contributed by atoms with Crippen molar-refractivity contribution in [2.24, 2.45) is 5.73 Å². The predicted octanol–water partition coefficient (Wildman–Crippen LogP) is 1.96. The van der Waals surface area contributed by atoms with Gasteiger partial charge in [0.05, 0.1) is 11.3 Å². The molecule has 0 radical (unpaired) electrons. The van der Waals surface area contributed by atoms with Crippen molar-refractivity contribution in [3.05, 3.63) is 46.8 Å². The Kier molecular flexibility index (Phi) is 3.59. The average molecular weight is 296 g/mol. The number of thiophene rings is 1. The van der Waals surface area contributed by atoms with Crippen LogP contribution in [0.15, 0.2) is 39.9 Å². The fourth-order valence-corrected chi connectivity index (χ4v) is 3.75. The third-order valence-electron chi connectivity index (χ3n) is 2.53. The summed E-state index contributed by atoms with van der Waals surface area (Å²) in [5.41, 5.74) is 6.26. The number of sulfonamides is 1. The van der Waals surface area contributed by atoms with E-state index in [0.29, 0.717) is 5.56 Å². The van der Waals surface area contributed by atoms with Gasteiger partial charge in [0.1, 0.15) is 4.21 Å². The van der Waals surface area contributed by atoms with Gasteiger partial charge in [0.2, 0.25) is 0 Å². The third-order valence-corrected chi connectivity index (χ3v) is 5.28. The highest BCUT2D eigenvalue weighted by Gasteiger charge is 2.19. The highest BCUT2D eigenvalue weighted by atomic mass is 32.2. The van der Waals surface area contributed by atoms with Crippen LogP contribution in [0.25, 0.3) is 0 Å². The van der Waals surface area contributed by atoms with Crippen molar-refractivity contribution in [3.63, 3.8) is 0 Å². The molecular formula is C12H12N2O3S2. The zero-order valence-corrected chi connectivity index (χ0v) is 11.7. The van der Waals surface area contributed by atoms with Gasteiger partial charge in [-0.3, -0.25) is 9.52 Å². The first-order chi connectivity index (χ1) is 8.92. The zero-order valence-electron chi connectivity index (χ0n) is 10.1. The van der Waals surface area contributed by atoms with E-state index in [9.17, 15) is 13.2 Å². The van der Waals surface area contributed by atoms with Gasteiger partial charge in [-0.15, -0.1) is 11.3 Å². The van der Waals surface area contributed by atoms with Gasteiger partial charge < -0.3 is 5.73 Å². The molecule has 3 N–H and O–H groups in total. The highest BCUT2D eigenvalue weighted by molar-refractivity contribution is 7.94.